The second-order valence-electron chi connectivity index (χ2n) is 24.0. The number of aliphatic hydroxyl groups excluding tert-OH is 4. The smallest absolute Gasteiger partial charge is 0.330 e. The van der Waals surface area contributed by atoms with E-state index in [-0.39, 0.29) is 78.9 Å². The normalized spacial score (nSPS) is 26.4. The van der Waals surface area contributed by atoms with Crippen molar-refractivity contribution in [1.82, 2.24) is 31.9 Å². The first kappa shape index (κ1) is 65.0. The zero-order valence-corrected chi connectivity index (χ0v) is 51.0. The van der Waals surface area contributed by atoms with Gasteiger partial charge in [-0.15, -0.1) is 0 Å². The van der Waals surface area contributed by atoms with E-state index in [4.69, 9.17) is 46.8 Å². The lowest BCUT2D eigenvalue weighted by Crippen LogP contribution is -2.63. The first-order valence-electron chi connectivity index (χ1n) is 29.9. The Bertz CT molecular complexity index is 4490. The van der Waals surface area contributed by atoms with Crippen LogP contribution in [0, 0.1) is 6.92 Å². The van der Waals surface area contributed by atoms with Crippen molar-refractivity contribution < 1.29 is 108 Å². The van der Waals surface area contributed by atoms with Crippen molar-refractivity contribution in [1.29, 1.82) is 0 Å². The molecule has 6 amide bonds. The summed E-state index contributed by atoms with van der Waals surface area (Å²) in [7, 11) is 0. The van der Waals surface area contributed by atoms with Crippen LogP contribution >= 0.6 is 11.6 Å². The molecule has 17 bridgehead atoms. The predicted molar refractivity (Wildman–Crippen MR) is 331 cm³/mol. The summed E-state index contributed by atoms with van der Waals surface area (Å²) in [5.41, 5.74) is 11.1. The number of carbonyl (C=O) groups excluding carboxylic acids is 6. The average Bonchev–Trinajstić information content (AvgIpc) is 1.57. The van der Waals surface area contributed by atoms with Crippen LogP contribution in [0.4, 0.5) is 0 Å². The van der Waals surface area contributed by atoms with E-state index in [0.29, 0.717) is 11.1 Å². The number of hydrogen-bond donors (Lipinski definition) is 18. The van der Waals surface area contributed by atoms with E-state index in [1.165, 1.54) is 54.6 Å². The van der Waals surface area contributed by atoms with Gasteiger partial charge in [0.1, 0.15) is 89.4 Å². The summed E-state index contributed by atoms with van der Waals surface area (Å²) in [4.78, 5) is 105. The summed E-state index contributed by atoms with van der Waals surface area (Å²) < 4.78 is 31.8. The van der Waals surface area contributed by atoms with E-state index in [2.05, 4.69) is 31.9 Å². The van der Waals surface area contributed by atoms with Gasteiger partial charge in [0, 0.05) is 23.6 Å². The number of aliphatic carboxylic acids is 1. The van der Waals surface area contributed by atoms with Crippen molar-refractivity contribution in [2.45, 2.75) is 98.2 Å². The zero-order valence-electron chi connectivity index (χ0n) is 50.3. The number of carbonyl (C=O) groups is 7. The van der Waals surface area contributed by atoms with Crippen molar-refractivity contribution in [3.8, 4) is 68.6 Å². The highest BCUT2D eigenvalue weighted by Gasteiger charge is 2.48. The van der Waals surface area contributed by atoms with Gasteiger partial charge in [0.05, 0.1) is 17.7 Å². The van der Waals surface area contributed by atoms with E-state index in [0.717, 1.165) is 54.6 Å². The Morgan fingerprint density at radius 3 is 1.93 bits per heavy atom. The second-order valence-corrected chi connectivity index (χ2v) is 24.5. The Labute approximate surface area is 551 Å². The highest BCUT2D eigenvalue weighted by Crippen LogP contribution is 2.52. The Kier molecular flexibility index (Phi) is 16.7. The van der Waals surface area contributed by atoms with Gasteiger partial charge in [-0.3, -0.25) is 28.8 Å². The topological polar surface area (TPSA) is 492 Å². The summed E-state index contributed by atoms with van der Waals surface area (Å²) in [5, 5.41) is 128. The molecule has 13 atom stereocenters. The molecule has 31 heteroatoms. The van der Waals surface area contributed by atoms with Gasteiger partial charge in [0.2, 0.25) is 53.3 Å². The number of nitrogens with two attached hydrogens (primary N) is 2. The molecule has 1 aliphatic carbocycles. The molecule has 4 unspecified atom stereocenters. The number of carboxylic acids is 1. The summed E-state index contributed by atoms with van der Waals surface area (Å²) in [6.07, 6.45) is -9.39. The lowest BCUT2D eigenvalue weighted by Gasteiger charge is -2.40. The highest BCUT2D eigenvalue weighted by molar-refractivity contribution is 6.32. The maximum absolute atomic E-state index is 16.2. The molecule has 502 valence electrons. The fourth-order valence-electron chi connectivity index (χ4n) is 12.6. The Morgan fingerprint density at radius 1 is 0.608 bits per heavy atom. The minimum Gasteiger partial charge on any atom is -0.508 e. The molecule has 30 nitrogen and oxygen atoms in total. The van der Waals surface area contributed by atoms with Crippen molar-refractivity contribution in [2.24, 2.45) is 11.5 Å². The summed E-state index contributed by atoms with van der Waals surface area (Å²) in [6, 6.07) is 7.26. The number of aromatic hydroxyl groups is 3. The number of aliphatic hydroxyl groups is 6. The van der Waals surface area contributed by atoms with E-state index in [9.17, 15) is 65.4 Å². The van der Waals surface area contributed by atoms with Gasteiger partial charge in [-0.05, 0) is 135 Å². The number of halogens is 1. The number of phenols is 3. The van der Waals surface area contributed by atoms with Gasteiger partial charge in [-0.1, -0.05) is 48.0 Å². The molecule has 0 aromatic heterocycles. The molecule has 20 N–H and O–H groups in total. The first-order chi connectivity index (χ1) is 46.1. The van der Waals surface area contributed by atoms with E-state index < -0.39 is 178 Å². The summed E-state index contributed by atoms with van der Waals surface area (Å²) >= 11 is 7.03. The molecule has 7 aromatic rings. The Morgan fingerprint density at radius 2 is 1.24 bits per heavy atom. The molecule has 1 fully saturated rings. The average molecular weight is 1350 g/mol. The number of ether oxygens (including phenoxy) is 5. The number of aryl methyl sites for hydroxylation is 1. The van der Waals surface area contributed by atoms with Crippen LogP contribution in [-0.4, -0.2) is 142 Å². The van der Waals surface area contributed by atoms with Crippen molar-refractivity contribution in [3.05, 3.63) is 176 Å². The van der Waals surface area contributed by atoms with Crippen LogP contribution in [0.1, 0.15) is 91.9 Å². The van der Waals surface area contributed by atoms with Gasteiger partial charge in [0.15, 0.2) is 29.0 Å². The molecule has 15 rings (SSSR count). The standard InChI is InChI=1S/C66H59ClN8O22/c1-23-10-24-2-8-40(23)94-43-17-29-18-44(57(43)97-65-48(69)56(82)55(81)45(22-76)96-65)95-41-9-5-27(15-37(41)67)54(80)53-63(88)74-52(64(89)90)34-20-31(78)21-36-46(34)33-14-26(3-6-35(33)66(36,91)92)49(60(85)75-53)72-62(87)51(29)73-61(86)50-28-12-30(77)19-32(13-28)93-42-16-25(4-7-39(42)79)47(68)59(84)70-38(11-24)58(83)71-50/h2-10,12-21,38,45,47-56,65,76-82,91-92H,11,22,68-69H2,1H3,(H,70,84)(H,71,83)(H,72,87)(H,73,86)(H,74,88)(H,75,85)(H,89,90)/t38-,45?,47-,48?,49-,50?,51-,52+,53+,54-,55-,56?,65+/m1/s1. The van der Waals surface area contributed by atoms with Gasteiger partial charge < -0.3 is 118 Å². The number of phenolic OH excluding ortho intramolecular Hbond substituents is 3. The molecule has 7 heterocycles. The van der Waals surface area contributed by atoms with Crippen molar-refractivity contribution >= 4 is 53.0 Å². The van der Waals surface area contributed by atoms with Crippen molar-refractivity contribution in [3.63, 3.8) is 0 Å². The van der Waals surface area contributed by atoms with E-state index in [1.54, 1.807) is 13.0 Å². The monoisotopic (exact) mass is 1350 g/mol. The molecule has 7 aliphatic heterocycles. The molecule has 97 heavy (non-hydrogen) atoms. The van der Waals surface area contributed by atoms with Crippen LogP contribution in [0.3, 0.4) is 0 Å². The third-order valence-electron chi connectivity index (χ3n) is 17.6. The molecule has 0 radical (unpaired) electrons. The van der Waals surface area contributed by atoms with Crippen molar-refractivity contribution in [2.75, 3.05) is 6.61 Å². The Hall–Kier alpha value is -10.6. The molecule has 0 spiro atoms. The van der Waals surface area contributed by atoms with E-state index in [1.807, 2.05) is 0 Å². The number of fused-ring (bicyclic) bond motifs is 11. The summed E-state index contributed by atoms with van der Waals surface area (Å²) in [5.74, 6) is -16.0. The molecular formula is C66H59ClN8O22. The number of rotatable bonds is 4. The number of benzene rings is 7. The second kappa shape index (κ2) is 24.8. The quantitative estimate of drug-likeness (QED) is 0.110. The number of carboxylic acid groups (broad SMARTS) is 1. The maximum atomic E-state index is 16.2. The lowest BCUT2D eigenvalue weighted by atomic mass is 9.90. The molecule has 8 aliphatic rings. The fraction of sp³-hybridized carbons (Fsp3) is 0.258. The van der Waals surface area contributed by atoms with Gasteiger partial charge in [-0.25, -0.2) is 4.79 Å². The SMILES string of the molecule is Cc1cc2ccc1Oc1cc3cc(c1O[C@@H]1OC(CO)[C@@H](O)C(O)C1N)Oc1ccc(cc1Cl)[C@@H](O)[C@@H]1NC(=O)[C@H](NC(=O)[C@@H]3NC(=O)C3NC(=O)[C@@H](C2)NC(=O)[C@H](N)c2ccc(O)c(c2)Oc2cc(O)cc3c2)c2ccc3c(c2)-c2c(cc(O)cc2C3(O)O)[C@@H](C(=O)O)NC1=O. The van der Waals surface area contributed by atoms with Crippen LogP contribution in [0.5, 0.6) is 57.5 Å². The zero-order chi connectivity index (χ0) is 69.0. The summed E-state index contributed by atoms with van der Waals surface area (Å²) in [6.45, 7) is 0.733. The van der Waals surface area contributed by atoms with Gasteiger partial charge in [0.25, 0.3) is 0 Å². The molecule has 0 saturated carbocycles. The number of amides is 6. The number of nitrogens with one attached hydrogen (secondary N) is 6. The third kappa shape index (κ3) is 11.9. The lowest BCUT2D eigenvalue weighted by molar-refractivity contribution is -0.239. The molecular weight excluding hydrogens is 1290 g/mol. The maximum Gasteiger partial charge on any atom is 0.330 e. The number of hydrogen-bond acceptors (Lipinski definition) is 23. The molecule has 1 saturated heterocycles. The van der Waals surface area contributed by atoms with Crippen LogP contribution < -0.4 is 62.3 Å². The minimum atomic E-state index is -2.99. The van der Waals surface area contributed by atoms with Crippen LogP contribution in [-0.2, 0) is 50.5 Å². The van der Waals surface area contributed by atoms with Crippen LogP contribution in [0.2, 0.25) is 5.02 Å². The van der Waals surface area contributed by atoms with Gasteiger partial charge >= 0.3 is 5.97 Å². The third-order valence-corrected chi connectivity index (χ3v) is 17.9. The highest BCUT2D eigenvalue weighted by atomic mass is 35.5. The van der Waals surface area contributed by atoms with Gasteiger partial charge in [-0.2, -0.15) is 0 Å². The fourth-order valence-corrected chi connectivity index (χ4v) is 12.8. The largest absolute Gasteiger partial charge is 0.508 e. The van der Waals surface area contributed by atoms with E-state index >= 15 is 19.2 Å². The predicted octanol–water partition coefficient (Wildman–Crippen LogP) is 1.17. The Balaban J connectivity index is 1.06. The van der Waals surface area contributed by atoms with Crippen LogP contribution in [0.15, 0.2) is 115 Å². The minimum absolute atomic E-state index is 0.0148. The molecule has 7 aromatic carbocycles. The van der Waals surface area contributed by atoms with Crippen LogP contribution in [0.25, 0.3) is 11.1 Å². The first-order valence-corrected chi connectivity index (χ1v) is 30.3.